The van der Waals surface area contributed by atoms with E-state index in [2.05, 4.69) is 5.32 Å². The van der Waals surface area contributed by atoms with E-state index in [1.807, 2.05) is 24.3 Å². The van der Waals surface area contributed by atoms with Gasteiger partial charge < -0.3 is 19.7 Å². The molecule has 0 spiro atoms. The van der Waals surface area contributed by atoms with Crippen LogP contribution in [0.3, 0.4) is 0 Å². The van der Waals surface area contributed by atoms with Crippen LogP contribution in [0.5, 0.6) is 5.75 Å². The number of benzene rings is 1. The van der Waals surface area contributed by atoms with Gasteiger partial charge in [0.05, 0.1) is 12.8 Å². The Labute approximate surface area is 135 Å². The smallest absolute Gasteiger partial charge is 0.224 e. The molecule has 2 aromatic rings. The summed E-state index contributed by atoms with van der Waals surface area (Å²) < 4.78 is 5.38. The summed E-state index contributed by atoms with van der Waals surface area (Å²) in [5.41, 5.74) is 0.742. The molecule has 1 aliphatic heterocycles. The number of amides is 1. The van der Waals surface area contributed by atoms with Gasteiger partial charge in [-0.25, -0.2) is 0 Å². The number of hydrogen-bond acceptors (Lipinski definition) is 4. The maximum Gasteiger partial charge on any atom is 0.224 e. The Morgan fingerprint density at radius 3 is 2.83 bits per heavy atom. The van der Waals surface area contributed by atoms with Crippen LogP contribution in [-0.4, -0.2) is 28.5 Å². The number of para-hydroxylation sites is 1. The van der Waals surface area contributed by atoms with Crippen LogP contribution < -0.4 is 5.32 Å². The maximum absolute atomic E-state index is 12.7. The molecule has 1 amide bonds. The van der Waals surface area contributed by atoms with E-state index in [0.29, 0.717) is 19.5 Å². The van der Waals surface area contributed by atoms with E-state index >= 15 is 0 Å². The van der Waals surface area contributed by atoms with Crippen LogP contribution in [0.1, 0.15) is 30.6 Å². The lowest BCUT2D eigenvalue weighted by atomic mass is 10.1. The van der Waals surface area contributed by atoms with Gasteiger partial charge in [-0.05, 0) is 37.6 Å². The molecular formula is C18H22N2O3. The third kappa shape index (κ3) is 4.13. The zero-order valence-corrected chi connectivity index (χ0v) is 13.1. The van der Waals surface area contributed by atoms with E-state index in [4.69, 9.17) is 4.42 Å². The molecule has 23 heavy (non-hydrogen) atoms. The summed E-state index contributed by atoms with van der Waals surface area (Å²) in [7, 11) is 0. The van der Waals surface area contributed by atoms with E-state index in [9.17, 15) is 9.90 Å². The summed E-state index contributed by atoms with van der Waals surface area (Å²) in [5, 5.41) is 13.3. The quantitative estimate of drug-likeness (QED) is 0.860. The highest BCUT2D eigenvalue weighted by Gasteiger charge is 2.23. The molecule has 1 fully saturated rings. The first-order valence-corrected chi connectivity index (χ1v) is 8.03. The van der Waals surface area contributed by atoms with Gasteiger partial charge in [-0.2, -0.15) is 0 Å². The fourth-order valence-electron chi connectivity index (χ4n) is 2.94. The van der Waals surface area contributed by atoms with Gasteiger partial charge in [-0.1, -0.05) is 18.2 Å². The van der Waals surface area contributed by atoms with Gasteiger partial charge in [0.1, 0.15) is 11.5 Å². The summed E-state index contributed by atoms with van der Waals surface area (Å²) in [6, 6.07) is 11.1. The minimum Gasteiger partial charge on any atom is -0.508 e. The lowest BCUT2D eigenvalue weighted by Gasteiger charge is -2.24. The normalized spacial score (nSPS) is 17.3. The Morgan fingerprint density at radius 2 is 2.13 bits per heavy atom. The van der Waals surface area contributed by atoms with Crippen LogP contribution in [-0.2, 0) is 17.9 Å². The fourth-order valence-corrected chi connectivity index (χ4v) is 2.94. The minimum atomic E-state index is 0.0732. The van der Waals surface area contributed by atoms with E-state index in [0.717, 1.165) is 30.7 Å². The Morgan fingerprint density at radius 1 is 1.26 bits per heavy atom. The number of nitrogens with one attached hydrogen (secondary N) is 1. The highest BCUT2D eigenvalue weighted by Crippen LogP contribution is 2.21. The van der Waals surface area contributed by atoms with Crippen molar-refractivity contribution in [2.75, 3.05) is 6.54 Å². The third-order valence-electron chi connectivity index (χ3n) is 4.22. The first-order chi connectivity index (χ1) is 11.2. The summed E-state index contributed by atoms with van der Waals surface area (Å²) in [5.74, 6) is 1.03. The van der Waals surface area contributed by atoms with Gasteiger partial charge in [0.25, 0.3) is 0 Å². The average molecular weight is 314 g/mol. The topological polar surface area (TPSA) is 65.7 Å². The van der Waals surface area contributed by atoms with Crippen molar-refractivity contribution >= 4 is 5.91 Å². The van der Waals surface area contributed by atoms with Crippen LogP contribution in [0.25, 0.3) is 0 Å². The molecule has 5 nitrogen and oxygen atoms in total. The molecule has 1 aromatic heterocycles. The molecule has 2 N–H and O–H groups in total. The molecule has 0 radical (unpaired) electrons. The minimum absolute atomic E-state index is 0.0732. The number of aromatic hydroxyl groups is 1. The molecule has 1 atom stereocenters. The van der Waals surface area contributed by atoms with Crippen molar-refractivity contribution in [3.05, 3.63) is 54.0 Å². The highest BCUT2D eigenvalue weighted by atomic mass is 16.3. The Hall–Kier alpha value is -2.27. The predicted octanol–water partition coefficient (Wildman–Crippen LogP) is 2.66. The molecule has 2 heterocycles. The summed E-state index contributed by atoms with van der Waals surface area (Å²) in [6.07, 6.45) is 4.25. The Balaban J connectivity index is 1.72. The van der Waals surface area contributed by atoms with Crippen LogP contribution in [0.4, 0.5) is 0 Å². The number of hydrogen-bond donors (Lipinski definition) is 2. The second kappa shape index (κ2) is 7.33. The molecule has 0 bridgehead atoms. The second-order valence-electron chi connectivity index (χ2n) is 5.96. The van der Waals surface area contributed by atoms with Gasteiger partial charge in [-0.15, -0.1) is 0 Å². The van der Waals surface area contributed by atoms with Gasteiger partial charge in [0, 0.05) is 24.6 Å². The lowest BCUT2D eigenvalue weighted by molar-refractivity contribution is -0.133. The molecule has 1 unspecified atom stereocenters. The predicted molar refractivity (Wildman–Crippen MR) is 86.7 cm³/mol. The lowest BCUT2D eigenvalue weighted by Crippen LogP contribution is -2.35. The fraction of sp³-hybridized carbons (Fsp3) is 0.389. The highest BCUT2D eigenvalue weighted by molar-refractivity contribution is 5.77. The first kappa shape index (κ1) is 15.6. The van der Waals surface area contributed by atoms with Crippen molar-refractivity contribution in [3.8, 4) is 5.75 Å². The largest absolute Gasteiger partial charge is 0.508 e. The standard InChI is InChI=1S/C18H22N2O3/c21-17-8-2-1-5-14(17)12-20(13-16-7-4-10-23-16)18(22)11-15-6-3-9-19-15/h1-2,4-5,7-8,10,15,19,21H,3,6,9,11-13H2. The molecule has 122 valence electrons. The number of carbonyl (C=O) groups is 1. The van der Waals surface area contributed by atoms with Crippen LogP contribution in [0, 0.1) is 0 Å². The molecule has 1 saturated heterocycles. The molecule has 3 rings (SSSR count). The van der Waals surface area contributed by atoms with Gasteiger partial charge in [0.15, 0.2) is 0 Å². The van der Waals surface area contributed by atoms with Crippen molar-refractivity contribution in [2.24, 2.45) is 0 Å². The van der Waals surface area contributed by atoms with Crippen molar-refractivity contribution in [1.82, 2.24) is 10.2 Å². The number of furan rings is 1. The van der Waals surface area contributed by atoms with E-state index < -0.39 is 0 Å². The first-order valence-electron chi connectivity index (χ1n) is 8.03. The van der Waals surface area contributed by atoms with Gasteiger partial charge in [0.2, 0.25) is 5.91 Å². The monoisotopic (exact) mass is 314 g/mol. The molecule has 0 saturated carbocycles. The van der Waals surface area contributed by atoms with Crippen molar-refractivity contribution < 1.29 is 14.3 Å². The van der Waals surface area contributed by atoms with Crippen molar-refractivity contribution in [2.45, 2.75) is 38.4 Å². The average Bonchev–Trinajstić information content (AvgIpc) is 3.22. The molecule has 1 aromatic carbocycles. The van der Waals surface area contributed by atoms with Gasteiger partial charge >= 0.3 is 0 Å². The number of phenols is 1. The summed E-state index contributed by atoms with van der Waals surface area (Å²) in [4.78, 5) is 14.4. The SMILES string of the molecule is O=C(CC1CCCN1)N(Cc1ccco1)Cc1ccccc1O. The van der Waals surface area contributed by atoms with Crippen LogP contribution >= 0.6 is 0 Å². The Kier molecular flexibility index (Phi) is 4.98. The van der Waals surface area contributed by atoms with Gasteiger partial charge in [-0.3, -0.25) is 4.79 Å². The number of rotatable bonds is 6. The molecule has 0 aliphatic carbocycles. The van der Waals surface area contributed by atoms with Crippen molar-refractivity contribution in [1.29, 1.82) is 0 Å². The van der Waals surface area contributed by atoms with E-state index in [1.54, 1.807) is 23.3 Å². The number of carbonyl (C=O) groups excluding carboxylic acids is 1. The zero-order valence-electron chi connectivity index (χ0n) is 13.1. The number of phenolic OH excluding ortho intramolecular Hbond substituents is 1. The van der Waals surface area contributed by atoms with E-state index in [1.165, 1.54) is 0 Å². The summed E-state index contributed by atoms with van der Waals surface area (Å²) >= 11 is 0. The third-order valence-corrected chi connectivity index (χ3v) is 4.22. The molecular weight excluding hydrogens is 292 g/mol. The van der Waals surface area contributed by atoms with Crippen LogP contribution in [0.15, 0.2) is 47.1 Å². The number of nitrogens with zero attached hydrogens (tertiary/aromatic N) is 1. The van der Waals surface area contributed by atoms with Crippen LogP contribution in [0.2, 0.25) is 0 Å². The van der Waals surface area contributed by atoms with E-state index in [-0.39, 0.29) is 17.7 Å². The molecule has 5 heteroatoms. The molecule has 1 aliphatic rings. The summed E-state index contributed by atoms with van der Waals surface area (Å²) in [6.45, 7) is 1.77. The second-order valence-corrected chi connectivity index (χ2v) is 5.96. The zero-order chi connectivity index (χ0) is 16.1. The maximum atomic E-state index is 12.7. The van der Waals surface area contributed by atoms with Crippen molar-refractivity contribution in [3.63, 3.8) is 0 Å². The Bertz CT molecular complexity index is 633.